The van der Waals surface area contributed by atoms with Crippen LogP contribution in [0, 0.1) is 11.3 Å². The molecule has 1 heterocycles. The molecule has 9 nitrogen and oxygen atoms in total. The molecule has 0 saturated carbocycles. The van der Waals surface area contributed by atoms with Crippen LogP contribution in [0.5, 0.6) is 0 Å². The zero-order valence-corrected chi connectivity index (χ0v) is 25.5. The number of aliphatic hydroxyl groups excluding tert-OH is 1. The average Bonchev–Trinajstić information content (AvgIpc) is 3.00. The van der Waals surface area contributed by atoms with Gasteiger partial charge in [0.25, 0.3) is 5.91 Å². The van der Waals surface area contributed by atoms with Crippen LogP contribution in [0.3, 0.4) is 0 Å². The normalized spacial score (nSPS) is 19.6. The molecule has 44 heavy (non-hydrogen) atoms. The van der Waals surface area contributed by atoms with Crippen molar-refractivity contribution in [3.8, 4) is 6.07 Å². The second kappa shape index (κ2) is 15.2. The summed E-state index contributed by atoms with van der Waals surface area (Å²) in [6, 6.07) is 21.3. The van der Waals surface area contributed by atoms with Gasteiger partial charge in [-0.1, -0.05) is 72.9 Å². The Balaban J connectivity index is 1.80. The van der Waals surface area contributed by atoms with Crippen molar-refractivity contribution in [1.82, 2.24) is 10.2 Å². The first-order chi connectivity index (χ1) is 21.1. The largest absolute Gasteiger partial charge is 0.481 e. The third kappa shape index (κ3) is 8.16. The monoisotopic (exact) mass is 637 g/mol. The van der Waals surface area contributed by atoms with Crippen LogP contribution in [0.15, 0.2) is 72.8 Å². The van der Waals surface area contributed by atoms with Gasteiger partial charge in [0.1, 0.15) is 18.2 Å². The van der Waals surface area contributed by atoms with E-state index in [1.807, 2.05) is 19.1 Å². The number of carboxylic acids is 1. The standard InChI is InChI=1S/C33H33Cl2N3O6/c1-2-3-27(32(42)37-19-26(39)17-29(40)41)38-30(22-8-12-24(34)13-9-22)31(23-10-14-25(35)15-11-23)44-28(33(38)43)16-20-4-6-21(18-36)7-5-20/h4-15,26-28,30-31,39H,2-3,16-17,19H2,1H3,(H,37,42)(H,40,41)/t26-,27+,28-,30+,31-/m0/s1. The lowest BCUT2D eigenvalue weighted by Crippen LogP contribution is -2.59. The van der Waals surface area contributed by atoms with E-state index in [1.54, 1.807) is 65.6 Å². The molecule has 3 aromatic rings. The molecule has 230 valence electrons. The van der Waals surface area contributed by atoms with E-state index in [2.05, 4.69) is 11.4 Å². The SMILES string of the molecule is CCC[C@H](C(=O)NC[C@@H](O)CC(=O)O)N1C(=O)[C@H](Cc2ccc(C#N)cc2)O[C@@H](c2ccc(Cl)cc2)[C@H]1c1ccc(Cl)cc1. The highest BCUT2D eigenvalue weighted by atomic mass is 35.5. The summed E-state index contributed by atoms with van der Waals surface area (Å²) in [6.45, 7) is 1.61. The number of carbonyl (C=O) groups is 3. The van der Waals surface area contributed by atoms with Crippen molar-refractivity contribution < 1.29 is 29.3 Å². The predicted octanol–water partition coefficient (Wildman–Crippen LogP) is 5.24. The summed E-state index contributed by atoms with van der Waals surface area (Å²) in [4.78, 5) is 40.8. The molecule has 3 aromatic carbocycles. The number of benzene rings is 3. The van der Waals surface area contributed by atoms with Crippen LogP contribution in [0.1, 0.15) is 60.6 Å². The third-order valence-electron chi connectivity index (χ3n) is 7.46. The molecule has 0 bridgehead atoms. The molecule has 2 amide bonds. The molecule has 4 rings (SSSR count). The lowest BCUT2D eigenvalue weighted by atomic mass is 9.88. The second-order valence-electron chi connectivity index (χ2n) is 10.7. The number of amides is 2. The van der Waals surface area contributed by atoms with Crippen molar-refractivity contribution >= 4 is 41.0 Å². The van der Waals surface area contributed by atoms with E-state index in [0.29, 0.717) is 34.0 Å². The third-order valence-corrected chi connectivity index (χ3v) is 7.97. The number of ether oxygens (including phenoxy) is 1. The van der Waals surface area contributed by atoms with Gasteiger partial charge in [0.15, 0.2) is 0 Å². The van der Waals surface area contributed by atoms with Crippen molar-refractivity contribution in [1.29, 1.82) is 5.26 Å². The number of carboxylic acid groups (broad SMARTS) is 1. The van der Waals surface area contributed by atoms with E-state index in [9.17, 15) is 24.8 Å². The highest BCUT2D eigenvalue weighted by Gasteiger charge is 2.48. The number of aliphatic carboxylic acids is 1. The molecule has 0 aromatic heterocycles. The Hall–Kier alpha value is -3.94. The van der Waals surface area contributed by atoms with Crippen LogP contribution in [0.4, 0.5) is 0 Å². The molecule has 1 fully saturated rings. The van der Waals surface area contributed by atoms with E-state index in [1.165, 1.54) is 0 Å². The number of carbonyl (C=O) groups excluding carboxylic acids is 2. The Bertz CT molecular complexity index is 1490. The molecule has 11 heteroatoms. The lowest BCUT2D eigenvalue weighted by Gasteiger charge is -2.47. The van der Waals surface area contributed by atoms with Crippen molar-refractivity contribution in [2.45, 2.75) is 63.0 Å². The van der Waals surface area contributed by atoms with Gasteiger partial charge in [-0.05, 0) is 59.5 Å². The number of nitrogens with one attached hydrogen (secondary N) is 1. The molecule has 0 unspecified atom stereocenters. The van der Waals surface area contributed by atoms with Gasteiger partial charge >= 0.3 is 5.97 Å². The smallest absolute Gasteiger partial charge is 0.306 e. The lowest BCUT2D eigenvalue weighted by molar-refractivity contribution is -0.181. The van der Waals surface area contributed by atoms with E-state index >= 15 is 0 Å². The maximum Gasteiger partial charge on any atom is 0.306 e. The first-order valence-corrected chi connectivity index (χ1v) is 15.0. The summed E-state index contributed by atoms with van der Waals surface area (Å²) in [5, 5.41) is 32.0. The Labute approximate surface area is 266 Å². The maximum atomic E-state index is 14.4. The van der Waals surface area contributed by atoms with Crippen LogP contribution in [-0.2, 0) is 25.5 Å². The van der Waals surface area contributed by atoms with Crippen molar-refractivity contribution in [3.63, 3.8) is 0 Å². The molecule has 1 aliphatic rings. The molecular formula is C33H33Cl2N3O6. The summed E-state index contributed by atoms with van der Waals surface area (Å²) in [7, 11) is 0. The number of halogens is 2. The molecule has 5 atom stereocenters. The minimum absolute atomic E-state index is 0.191. The zero-order valence-electron chi connectivity index (χ0n) is 24.0. The summed E-state index contributed by atoms with van der Waals surface area (Å²) in [5.74, 6) is -2.11. The summed E-state index contributed by atoms with van der Waals surface area (Å²) in [5.41, 5.74) is 2.69. The minimum Gasteiger partial charge on any atom is -0.481 e. The van der Waals surface area contributed by atoms with E-state index in [0.717, 1.165) is 11.1 Å². The topological polar surface area (TPSA) is 140 Å². The summed E-state index contributed by atoms with van der Waals surface area (Å²) < 4.78 is 6.59. The molecule has 1 saturated heterocycles. The van der Waals surface area contributed by atoms with Gasteiger partial charge in [0.2, 0.25) is 5.91 Å². The number of hydrogen-bond acceptors (Lipinski definition) is 6. The minimum atomic E-state index is -1.29. The highest BCUT2D eigenvalue weighted by molar-refractivity contribution is 6.30. The molecule has 0 spiro atoms. The Morgan fingerprint density at radius 1 is 1.00 bits per heavy atom. The first kappa shape index (κ1) is 33.0. The van der Waals surface area contributed by atoms with E-state index in [-0.39, 0.29) is 13.0 Å². The van der Waals surface area contributed by atoms with Crippen LogP contribution >= 0.6 is 23.2 Å². The van der Waals surface area contributed by atoms with E-state index < -0.39 is 54.6 Å². The summed E-state index contributed by atoms with van der Waals surface area (Å²) in [6.07, 6.45) is -2.47. The van der Waals surface area contributed by atoms with Crippen LogP contribution in [0.2, 0.25) is 10.0 Å². The summed E-state index contributed by atoms with van der Waals surface area (Å²) >= 11 is 12.4. The van der Waals surface area contributed by atoms with Gasteiger partial charge in [-0.15, -0.1) is 0 Å². The number of nitrogens with zero attached hydrogens (tertiary/aromatic N) is 2. The number of morpholine rings is 1. The Kier molecular flexibility index (Phi) is 11.4. The molecule has 1 aliphatic heterocycles. The molecule has 0 radical (unpaired) electrons. The van der Waals surface area contributed by atoms with Gasteiger partial charge in [0.05, 0.1) is 30.2 Å². The number of hydrogen-bond donors (Lipinski definition) is 3. The fraction of sp³-hybridized carbons (Fsp3) is 0.333. The Morgan fingerprint density at radius 2 is 1.59 bits per heavy atom. The highest BCUT2D eigenvalue weighted by Crippen LogP contribution is 2.44. The van der Waals surface area contributed by atoms with Gasteiger partial charge < -0.3 is 25.2 Å². The zero-order chi connectivity index (χ0) is 31.8. The van der Waals surface area contributed by atoms with Gasteiger partial charge in [-0.25, -0.2) is 0 Å². The quantitative estimate of drug-likeness (QED) is 0.247. The Morgan fingerprint density at radius 3 is 2.14 bits per heavy atom. The van der Waals surface area contributed by atoms with Crippen molar-refractivity contribution in [2.24, 2.45) is 0 Å². The number of nitriles is 1. The van der Waals surface area contributed by atoms with Gasteiger partial charge in [-0.2, -0.15) is 5.26 Å². The van der Waals surface area contributed by atoms with Crippen molar-refractivity contribution in [3.05, 3.63) is 105 Å². The van der Waals surface area contributed by atoms with Gasteiger partial charge in [0, 0.05) is 23.0 Å². The van der Waals surface area contributed by atoms with Crippen LogP contribution in [0.25, 0.3) is 0 Å². The number of rotatable bonds is 12. The van der Waals surface area contributed by atoms with Crippen molar-refractivity contribution in [2.75, 3.05) is 6.54 Å². The predicted molar refractivity (Wildman–Crippen MR) is 165 cm³/mol. The van der Waals surface area contributed by atoms with Crippen LogP contribution < -0.4 is 5.32 Å². The van der Waals surface area contributed by atoms with E-state index in [4.69, 9.17) is 33.0 Å². The van der Waals surface area contributed by atoms with Gasteiger partial charge in [-0.3, -0.25) is 14.4 Å². The number of aliphatic hydroxyl groups is 1. The fourth-order valence-electron chi connectivity index (χ4n) is 5.36. The molecular weight excluding hydrogens is 605 g/mol. The molecule has 3 N–H and O–H groups in total. The second-order valence-corrected chi connectivity index (χ2v) is 11.5. The molecule has 0 aliphatic carbocycles. The average molecular weight is 639 g/mol. The first-order valence-electron chi connectivity index (χ1n) is 14.3. The fourth-order valence-corrected chi connectivity index (χ4v) is 5.61. The maximum absolute atomic E-state index is 14.4. The van der Waals surface area contributed by atoms with Crippen LogP contribution in [-0.4, -0.2) is 57.7 Å².